The van der Waals surface area contributed by atoms with Crippen molar-refractivity contribution in [3.05, 3.63) is 72.0 Å². The van der Waals surface area contributed by atoms with Gasteiger partial charge in [-0.2, -0.15) is 0 Å². The predicted molar refractivity (Wildman–Crippen MR) is 85.7 cm³/mol. The molecule has 5 nitrogen and oxygen atoms in total. The number of aromatic nitrogens is 2. The van der Waals surface area contributed by atoms with Crippen LogP contribution in [-0.2, 0) is 16.1 Å². The third-order valence-corrected chi connectivity index (χ3v) is 2.88. The summed E-state index contributed by atoms with van der Waals surface area (Å²) < 4.78 is 6.99. The van der Waals surface area contributed by atoms with E-state index >= 15 is 0 Å². The molecule has 0 saturated heterocycles. The van der Waals surface area contributed by atoms with E-state index in [1.807, 2.05) is 29.0 Å². The summed E-state index contributed by atoms with van der Waals surface area (Å²) in [6.07, 6.45) is 10.5. The number of imidazole rings is 1. The Bertz CT molecular complexity index is 652. The van der Waals surface area contributed by atoms with E-state index < -0.39 is 5.97 Å². The van der Waals surface area contributed by atoms with Crippen LogP contribution in [0, 0.1) is 0 Å². The van der Waals surface area contributed by atoms with Gasteiger partial charge in [-0.25, -0.2) is 9.78 Å². The van der Waals surface area contributed by atoms with Gasteiger partial charge in [-0.15, -0.1) is 0 Å². The minimum atomic E-state index is -0.430. The number of esters is 1. The van der Waals surface area contributed by atoms with Crippen molar-refractivity contribution in [2.24, 2.45) is 5.73 Å². The first-order chi connectivity index (χ1) is 10.6. The molecule has 0 bridgehead atoms. The molecule has 0 aliphatic carbocycles. The quantitative estimate of drug-likeness (QED) is 0.656. The van der Waals surface area contributed by atoms with Crippen molar-refractivity contribution in [2.75, 3.05) is 6.61 Å². The number of allylic oxidation sites excluding steroid dienone is 1. The molecule has 2 aromatic rings. The molecule has 22 heavy (non-hydrogen) atoms. The summed E-state index contributed by atoms with van der Waals surface area (Å²) in [5.41, 5.74) is 8.07. The summed E-state index contributed by atoms with van der Waals surface area (Å²) in [6, 6.07) is 8.17. The van der Waals surface area contributed by atoms with E-state index in [1.54, 1.807) is 25.5 Å². The third-order valence-electron chi connectivity index (χ3n) is 2.88. The maximum absolute atomic E-state index is 11.2. The summed E-state index contributed by atoms with van der Waals surface area (Å²) in [7, 11) is 0. The molecule has 0 unspecified atom stereocenters. The number of hydrogen-bond acceptors (Lipinski definition) is 4. The molecule has 0 saturated carbocycles. The van der Waals surface area contributed by atoms with E-state index in [9.17, 15) is 4.79 Å². The first-order valence-electron chi connectivity index (χ1n) is 6.95. The Morgan fingerprint density at radius 3 is 2.77 bits per heavy atom. The molecular weight excluding hydrogens is 278 g/mol. The Hall–Kier alpha value is -2.82. The predicted octanol–water partition coefficient (Wildman–Crippen LogP) is 2.35. The molecule has 1 heterocycles. The van der Waals surface area contributed by atoms with E-state index in [4.69, 9.17) is 10.5 Å². The lowest BCUT2D eigenvalue weighted by Gasteiger charge is -2.03. The fourth-order valence-electron chi connectivity index (χ4n) is 1.87. The zero-order chi connectivity index (χ0) is 15.8. The van der Waals surface area contributed by atoms with Crippen LogP contribution in [0.5, 0.6) is 0 Å². The summed E-state index contributed by atoms with van der Waals surface area (Å²) in [5.74, 6) is -0.430. The van der Waals surface area contributed by atoms with Crippen molar-refractivity contribution in [3.63, 3.8) is 0 Å². The highest BCUT2D eigenvalue weighted by molar-refractivity contribution is 5.82. The van der Waals surface area contributed by atoms with E-state index in [0.717, 1.165) is 12.1 Å². The molecule has 114 valence electrons. The topological polar surface area (TPSA) is 70.1 Å². The summed E-state index contributed by atoms with van der Waals surface area (Å²) in [5, 5.41) is 0. The fraction of sp³-hybridized carbons (Fsp3) is 0.176. The van der Waals surface area contributed by atoms with Gasteiger partial charge in [0.05, 0.1) is 6.33 Å². The lowest BCUT2D eigenvalue weighted by molar-refractivity contribution is -0.136. The van der Waals surface area contributed by atoms with Gasteiger partial charge in [-0.1, -0.05) is 30.3 Å². The number of nitrogens with zero attached hydrogens (tertiary/aromatic N) is 2. The maximum atomic E-state index is 11.2. The zero-order valence-corrected chi connectivity index (χ0v) is 12.5. The van der Waals surface area contributed by atoms with Crippen molar-refractivity contribution in [3.8, 4) is 0 Å². The van der Waals surface area contributed by atoms with Crippen LogP contribution in [0.15, 0.2) is 60.8 Å². The first kappa shape index (κ1) is 15.6. The average Bonchev–Trinajstić information content (AvgIpc) is 2.97. The minimum absolute atomic E-state index is 0.222. The lowest BCUT2D eigenvalue weighted by Crippen LogP contribution is -2.03. The van der Waals surface area contributed by atoms with Crippen LogP contribution in [0.25, 0.3) is 6.08 Å². The molecule has 0 spiro atoms. The van der Waals surface area contributed by atoms with Gasteiger partial charge in [-0.3, -0.25) is 0 Å². The molecule has 0 amide bonds. The van der Waals surface area contributed by atoms with Gasteiger partial charge in [0.1, 0.15) is 6.61 Å². The maximum Gasteiger partial charge on any atom is 0.332 e. The summed E-state index contributed by atoms with van der Waals surface area (Å²) >= 11 is 0. The molecule has 2 N–H and O–H groups in total. The second kappa shape index (κ2) is 7.83. The van der Waals surface area contributed by atoms with Crippen LogP contribution in [0.2, 0.25) is 0 Å². The Labute approximate surface area is 129 Å². The largest absolute Gasteiger partial charge is 0.458 e. The second-order valence-electron chi connectivity index (χ2n) is 4.90. The van der Waals surface area contributed by atoms with Gasteiger partial charge < -0.3 is 15.0 Å². The van der Waals surface area contributed by atoms with Crippen molar-refractivity contribution < 1.29 is 9.53 Å². The van der Waals surface area contributed by atoms with Gasteiger partial charge in [-0.05, 0) is 24.1 Å². The van der Waals surface area contributed by atoms with Gasteiger partial charge in [0, 0.05) is 30.7 Å². The van der Waals surface area contributed by atoms with Crippen LogP contribution in [0.1, 0.15) is 18.1 Å². The van der Waals surface area contributed by atoms with Gasteiger partial charge in [0.15, 0.2) is 0 Å². The molecule has 0 radical (unpaired) electrons. The van der Waals surface area contributed by atoms with Crippen LogP contribution in [0.4, 0.5) is 0 Å². The van der Waals surface area contributed by atoms with Crippen LogP contribution >= 0.6 is 0 Å². The lowest BCUT2D eigenvalue weighted by atomic mass is 10.1. The number of rotatable bonds is 6. The van der Waals surface area contributed by atoms with Crippen molar-refractivity contribution in [1.82, 2.24) is 9.55 Å². The highest BCUT2D eigenvalue weighted by atomic mass is 16.5. The molecule has 0 fully saturated rings. The van der Waals surface area contributed by atoms with Gasteiger partial charge >= 0.3 is 5.97 Å². The highest BCUT2D eigenvalue weighted by Crippen LogP contribution is 2.08. The summed E-state index contributed by atoms with van der Waals surface area (Å²) in [4.78, 5) is 15.3. The Kier molecular flexibility index (Phi) is 5.54. The highest BCUT2D eigenvalue weighted by Gasteiger charge is 1.96. The van der Waals surface area contributed by atoms with Crippen LogP contribution in [0.3, 0.4) is 0 Å². The fourth-order valence-corrected chi connectivity index (χ4v) is 1.87. The van der Waals surface area contributed by atoms with E-state index in [2.05, 4.69) is 17.1 Å². The number of carbonyl (C=O) groups is 1. The number of nitrogens with two attached hydrogens (primary N) is 1. The number of carbonyl (C=O) groups excluding carboxylic acids is 1. The Morgan fingerprint density at radius 1 is 1.36 bits per heavy atom. The Balaban J connectivity index is 1.82. The first-order valence-corrected chi connectivity index (χ1v) is 6.95. The molecular formula is C17H19N3O2. The van der Waals surface area contributed by atoms with Gasteiger partial charge in [0.25, 0.3) is 0 Å². The minimum Gasteiger partial charge on any atom is -0.458 e. The summed E-state index contributed by atoms with van der Waals surface area (Å²) in [6.45, 7) is 2.66. The van der Waals surface area contributed by atoms with E-state index in [1.165, 1.54) is 11.6 Å². The van der Waals surface area contributed by atoms with Crippen LogP contribution in [-0.4, -0.2) is 22.1 Å². The molecule has 0 aliphatic heterocycles. The molecule has 1 aromatic carbocycles. The zero-order valence-electron chi connectivity index (χ0n) is 12.5. The monoisotopic (exact) mass is 297 g/mol. The van der Waals surface area contributed by atoms with E-state index in [0.29, 0.717) is 5.70 Å². The SMILES string of the molecule is CC(N)=CC(=O)OCC=Cc1ccc(Cn2ccnc2)cc1. The third kappa shape index (κ3) is 5.28. The molecule has 0 aliphatic rings. The second-order valence-corrected chi connectivity index (χ2v) is 4.90. The number of ether oxygens (including phenoxy) is 1. The van der Waals surface area contributed by atoms with Crippen molar-refractivity contribution in [2.45, 2.75) is 13.5 Å². The molecule has 5 heteroatoms. The van der Waals surface area contributed by atoms with Crippen molar-refractivity contribution >= 4 is 12.0 Å². The van der Waals surface area contributed by atoms with Crippen LogP contribution < -0.4 is 5.73 Å². The number of hydrogen-bond donors (Lipinski definition) is 1. The molecule has 0 atom stereocenters. The Morgan fingerprint density at radius 2 is 2.14 bits per heavy atom. The van der Waals surface area contributed by atoms with Gasteiger partial charge in [0.2, 0.25) is 0 Å². The van der Waals surface area contributed by atoms with E-state index in [-0.39, 0.29) is 6.61 Å². The standard InChI is InChI=1S/C17H19N3O2/c1-14(18)11-17(21)22-10-2-3-15-4-6-16(7-5-15)12-20-9-8-19-13-20/h2-9,11,13H,10,12,18H2,1H3. The number of benzene rings is 1. The molecule has 2 rings (SSSR count). The van der Waals surface area contributed by atoms with Crippen molar-refractivity contribution in [1.29, 1.82) is 0 Å². The average molecular weight is 297 g/mol. The molecule has 1 aromatic heterocycles. The smallest absolute Gasteiger partial charge is 0.332 e. The normalized spacial score (nSPS) is 11.8.